The highest BCUT2D eigenvalue weighted by atomic mass is 16.5. The second-order valence-electron chi connectivity index (χ2n) is 4.34. The fourth-order valence-corrected chi connectivity index (χ4v) is 1.77. The van der Waals surface area contributed by atoms with Crippen molar-refractivity contribution >= 4 is 5.91 Å². The maximum absolute atomic E-state index is 11.4. The van der Waals surface area contributed by atoms with Crippen LogP contribution in [0.25, 0.3) is 0 Å². The van der Waals surface area contributed by atoms with E-state index >= 15 is 0 Å². The molecule has 0 aromatic rings. The quantitative estimate of drug-likeness (QED) is 0.498. The highest BCUT2D eigenvalue weighted by Crippen LogP contribution is 2.30. The number of aliphatic hydroxyl groups is 1. The maximum Gasteiger partial charge on any atom is 0.233 e. The molecule has 0 aromatic heterocycles. The van der Waals surface area contributed by atoms with Crippen molar-refractivity contribution in [3.05, 3.63) is 0 Å². The van der Waals surface area contributed by atoms with Gasteiger partial charge in [0.2, 0.25) is 5.91 Å². The zero-order valence-electron chi connectivity index (χ0n) is 9.92. The average molecular weight is 230 g/mol. The van der Waals surface area contributed by atoms with E-state index in [4.69, 9.17) is 4.74 Å². The summed E-state index contributed by atoms with van der Waals surface area (Å²) in [5.41, 5.74) is -0.191. The number of carbonyl (C=O) groups excluding carboxylic acids is 1. The first kappa shape index (κ1) is 13.4. The van der Waals surface area contributed by atoms with Gasteiger partial charge in [-0.15, -0.1) is 0 Å². The van der Waals surface area contributed by atoms with Crippen LogP contribution in [0, 0.1) is 0 Å². The van der Waals surface area contributed by atoms with E-state index in [0.29, 0.717) is 13.2 Å². The Kier molecular flexibility index (Phi) is 5.73. The molecule has 0 spiro atoms. The van der Waals surface area contributed by atoms with Gasteiger partial charge in [-0.1, -0.05) is 0 Å². The van der Waals surface area contributed by atoms with Crippen molar-refractivity contribution in [3.63, 3.8) is 0 Å². The number of amides is 1. The van der Waals surface area contributed by atoms with Crippen LogP contribution >= 0.6 is 0 Å². The number of aliphatic hydroxyl groups excluding tert-OH is 1. The monoisotopic (exact) mass is 230 g/mol. The topological polar surface area (TPSA) is 70.6 Å². The molecule has 1 rings (SSSR count). The Labute approximate surface area is 96.6 Å². The predicted molar refractivity (Wildman–Crippen MR) is 61.2 cm³/mol. The molecule has 0 bridgehead atoms. The SMILES string of the molecule is COCCCNC(=O)CNC1(CO)CCC1. The minimum Gasteiger partial charge on any atom is -0.394 e. The van der Waals surface area contributed by atoms with E-state index in [9.17, 15) is 9.90 Å². The standard InChI is InChI=1S/C11H22N2O3/c1-16-7-3-6-12-10(15)8-13-11(9-14)4-2-5-11/h13-14H,2-9H2,1H3,(H,12,15). The van der Waals surface area contributed by atoms with E-state index < -0.39 is 0 Å². The van der Waals surface area contributed by atoms with Gasteiger partial charge >= 0.3 is 0 Å². The minimum absolute atomic E-state index is 0.0178. The molecule has 0 aromatic carbocycles. The summed E-state index contributed by atoms with van der Waals surface area (Å²) in [5, 5.41) is 15.1. The minimum atomic E-state index is -0.191. The van der Waals surface area contributed by atoms with E-state index in [1.54, 1.807) is 7.11 Å². The van der Waals surface area contributed by atoms with Gasteiger partial charge in [-0.3, -0.25) is 4.79 Å². The lowest BCUT2D eigenvalue weighted by Crippen LogP contribution is -2.56. The maximum atomic E-state index is 11.4. The van der Waals surface area contributed by atoms with E-state index in [2.05, 4.69) is 10.6 Å². The van der Waals surface area contributed by atoms with Crippen molar-refractivity contribution < 1.29 is 14.6 Å². The summed E-state index contributed by atoms with van der Waals surface area (Å²) in [7, 11) is 1.64. The van der Waals surface area contributed by atoms with Crippen molar-refractivity contribution in [3.8, 4) is 0 Å². The lowest BCUT2D eigenvalue weighted by molar-refractivity contribution is -0.121. The van der Waals surface area contributed by atoms with Gasteiger partial charge in [-0.25, -0.2) is 0 Å². The lowest BCUT2D eigenvalue weighted by atomic mass is 9.77. The molecule has 1 amide bonds. The van der Waals surface area contributed by atoms with Gasteiger partial charge < -0.3 is 20.5 Å². The molecule has 0 heterocycles. The summed E-state index contributed by atoms with van der Waals surface area (Å²) < 4.78 is 4.88. The Morgan fingerprint density at radius 1 is 1.50 bits per heavy atom. The summed E-state index contributed by atoms with van der Waals surface area (Å²) in [6.07, 6.45) is 3.87. The highest BCUT2D eigenvalue weighted by molar-refractivity contribution is 5.78. The highest BCUT2D eigenvalue weighted by Gasteiger charge is 2.35. The zero-order valence-corrected chi connectivity index (χ0v) is 9.92. The summed E-state index contributed by atoms with van der Waals surface area (Å²) in [4.78, 5) is 11.4. The second kappa shape index (κ2) is 6.83. The molecule has 16 heavy (non-hydrogen) atoms. The van der Waals surface area contributed by atoms with Gasteiger partial charge in [-0.2, -0.15) is 0 Å². The molecule has 0 unspecified atom stereocenters. The fraction of sp³-hybridized carbons (Fsp3) is 0.909. The molecule has 0 atom stereocenters. The number of nitrogens with one attached hydrogen (secondary N) is 2. The van der Waals surface area contributed by atoms with Crippen LogP contribution in [0.2, 0.25) is 0 Å². The number of hydrogen-bond donors (Lipinski definition) is 3. The first-order valence-electron chi connectivity index (χ1n) is 5.84. The molecule has 0 aliphatic heterocycles. The molecule has 94 valence electrons. The molecule has 1 fully saturated rings. The number of methoxy groups -OCH3 is 1. The third kappa shape index (κ3) is 4.08. The van der Waals surface area contributed by atoms with Gasteiger partial charge in [-0.05, 0) is 25.7 Å². The van der Waals surface area contributed by atoms with Crippen LogP contribution in [0.15, 0.2) is 0 Å². The Balaban J connectivity index is 2.05. The van der Waals surface area contributed by atoms with Crippen molar-refractivity contribution in [1.29, 1.82) is 0 Å². The molecule has 1 aliphatic carbocycles. The van der Waals surface area contributed by atoms with Crippen LogP contribution < -0.4 is 10.6 Å². The zero-order chi connectivity index (χ0) is 11.9. The van der Waals surface area contributed by atoms with Crippen molar-refractivity contribution in [2.75, 3.05) is 33.4 Å². The van der Waals surface area contributed by atoms with Crippen LogP contribution in [0.1, 0.15) is 25.7 Å². The van der Waals surface area contributed by atoms with Crippen molar-refractivity contribution in [1.82, 2.24) is 10.6 Å². The Morgan fingerprint density at radius 3 is 2.75 bits per heavy atom. The van der Waals surface area contributed by atoms with Crippen molar-refractivity contribution in [2.24, 2.45) is 0 Å². The summed E-state index contributed by atoms with van der Waals surface area (Å²) in [6, 6.07) is 0. The molecule has 5 nitrogen and oxygen atoms in total. The normalized spacial score (nSPS) is 17.9. The molecule has 0 radical (unpaired) electrons. The van der Waals surface area contributed by atoms with Crippen LogP contribution in [-0.2, 0) is 9.53 Å². The summed E-state index contributed by atoms with van der Waals surface area (Å²) >= 11 is 0. The molecule has 1 saturated carbocycles. The Hall–Kier alpha value is -0.650. The van der Waals surface area contributed by atoms with Crippen LogP contribution in [0.4, 0.5) is 0 Å². The molecule has 3 N–H and O–H groups in total. The second-order valence-corrected chi connectivity index (χ2v) is 4.34. The van der Waals surface area contributed by atoms with E-state index in [0.717, 1.165) is 25.7 Å². The van der Waals surface area contributed by atoms with Gasteiger partial charge in [0.25, 0.3) is 0 Å². The smallest absolute Gasteiger partial charge is 0.233 e. The van der Waals surface area contributed by atoms with Gasteiger partial charge in [0.15, 0.2) is 0 Å². The van der Waals surface area contributed by atoms with Gasteiger partial charge in [0.05, 0.1) is 13.2 Å². The molecule has 5 heteroatoms. The fourth-order valence-electron chi connectivity index (χ4n) is 1.77. The van der Waals surface area contributed by atoms with Gasteiger partial charge in [0, 0.05) is 25.8 Å². The van der Waals surface area contributed by atoms with Crippen LogP contribution in [-0.4, -0.2) is 50.0 Å². The third-order valence-corrected chi connectivity index (χ3v) is 3.08. The molecule has 0 saturated heterocycles. The number of hydrogen-bond acceptors (Lipinski definition) is 4. The molecular weight excluding hydrogens is 208 g/mol. The Bertz CT molecular complexity index is 212. The lowest BCUT2D eigenvalue weighted by Gasteiger charge is -2.41. The number of carbonyl (C=O) groups is 1. The average Bonchev–Trinajstić information content (AvgIpc) is 2.24. The summed E-state index contributed by atoms with van der Waals surface area (Å²) in [6.45, 7) is 1.70. The number of ether oxygens (including phenoxy) is 1. The largest absolute Gasteiger partial charge is 0.394 e. The van der Waals surface area contributed by atoms with Crippen LogP contribution in [0.3, 0.4) is 0 Å². The van der Waals surface area contributed by atoms with E-state index in [1.165, 1.54) is 0 Å². The third-order valence-electron chi connectivity index (χ3n) is 3.08. The first-order valence-corrected chi connectivity index (χ1v) is 5.84. The molecular formula is C11H22N2O3. The van der Waals surface area contributed by atoms with Crippen LogP contribution in [0.5, 0.6) is 0 Å². The van der Waals surface area contributed by atoms with E-state index in [1.807, 2.05) is 0 Å². The Morgan fingerprint density at radius 2 is 2.25 bits per heavy atom. The summed E-state index contributed by atoms with van der Waals surface area (Å²) in [5.74, 6) is -0.0178. The molecule has 1 aliphatic rings. The van der Waals surface area contributed by atoms with E-state index in [-0.39, 0.29) is 24.6 Å². The predicted octanol–water partition coefficient (Wildman–Crippen LogP) is -0.356. The number of rotatable bonds is 8. The van der Waals surface area contributed by atoms with Crippen molar-refractivity contribution in [2.45, 2.75) is 31.2 Å². The van der Waals surface area contributed by atoms with Gasteiger partial charge in [0.1, 0.15) is 0 Å². The first-order chi connectivity index (χ1) is 7.72.